The van der Waals surface area contributed by atoms with Crippen LogP contribution in [-0.2, 0) is 9.59 Å². The highest BCUT2D eigenvalue weighted by Crippen LogP contribution is 2.25. The van der Waals surface area contributed by atoms with Crippen molar-refractivity contribution in [1.29, 1.82) is 0 Å². The topological polar surface area (TPSA) is 87.7 Å². The van der Waals surface area contributed by atoms with E-state index in [-0.39, 0.29) is 23.9 Å². The zero-order valence-corrected chi connectivity index (χ0v) is 14.2. The summed E-state index contributed by atoms with van der Waals surface area (Å²) < 4.78 is 40.1. The third-order valence-electron chi connectivity index (χ3n) is 3.62. The van der Waals surface area contributed by atoms with E-state index in [1.807, 2.05) is 13.8 Å². The highest BCUT2D eigenvalue weighted by atomic mass is 19.4. The van der Waals surface area contributed by atoms with Gasteiger partial charge in [0.15, 0.2) is 0 Å². The van der Waals surface area contributed by atoms with Crippen LogP contribution in [0.3, 0.4) is 0 Å². The smallest absolute Gasteiger partial charge is 0.511 e. The monoisotopic (exact) mass is 372 g/mol. The van der Waals surface area contributed by atoms with Gasteiger partial charge >= 0.3 is 6.36 Å². The average Bonchev–Trinajstić information content (AvgIpc) is 2.46. The molecule has 0 bridgehead atoms. The molecular weight excluding hydrogens is 353 g/mol. The molecule has 142 valence electrons. The molecule has 9 heteroatoms. The van der Waals surface area contributed by atoms with Crippen molar-refractivity contribution >= 4 is 17.5 Å². The zero-order valence-electron chi connectivity index (χ0n) is 14.2. The Labute approximate surface area is 148 Å². The number of halogens is 3. The van der Waals surface area contributed by atoms with Crippen molar-refractivity contribution in [2.75, 3.05) is 5.32 Å². The molecule has 0 fully saturated rings. The lowest BCUT2D eigenvalue weighted by Gasteiger charge is -2.26. The Morgan fingerprint density at radius 2 is 1.96 bits per heavy atom. The maximum absolute atomic E-state index is 12.2. The Hall–Kier alpha value is -2.71. The summed E-state index contributed by atoms with van der Waals surface area (Å²) in [7, 11) is 0. The van der Waals surface area contributed by atoms with Gasteiger partial charge in [-0.05, 0) is 36.6 Å². The summed E-state index contributed by atoms with van der Waals surface area (Å²) in [6.45, 7) is 3.95. The Kier molecular flexibility index (Phi) is 5.79. The van der Waals surface area contributed by atoms with Crippen LogP contribution in [0.2, 0.25) is 0 Å². The average molecular weight is 372 g/mol. The fourth-order valence-corrected chi connectivity index (χ4v) is 2.65. The minimum absolute atomic E-state index is 0.144. The number of aliphatic hydroxyl groups excluding tert-OH is 1. The van der Waals surface area contributed by atoms with E-state index >= 15 is 0 Å². The van der Waals surface area contributed by atoms with Gasteiger partial charge in [-0.1, -0.05) is 13.8 Å². The lowest BCUT2D eigenvalue weighted by molar-refractivity contribution is -0.274. The van der Waals surface area contributed by atoms with Gasteiger partial charge in [0.05, 0.1) is 0 Å². The SMILES string of the molecule is CC(C)CC1CC(O)=C(C(=O)Nc2ccc(OC(F)(F)F)cc2)C(=O)N1. The van der Waals surface area contributed by atoms with Gasteiger partial charge in [-0.15, -0.1) is 13.2 Å². The molecule has 6 nitrogen and oxygen atoms in total. The highest BCUT2D eigenvalue weighted by molar-refractivity contribution is 6.23. The molecule has 0 radical (unpaired) electrons. The van der Waals surface area contributed by atoms with Gasteiger partial charge < -0.3 is 20.5 Å². The highest BCUT2D eigenvalue weighted by Gasteiger charge is 2.32. The second kappa shape index (κ2) is 7.67. The number of carbonyl (C=O) groups is 2. The van der Waals surface area contributed by atoms with Crippen LogP contribution in [0.25, 0.3) is 0 Å². The van der Waals surface area contributed by atoms with Crippen LogP contribution in [0.1, 0.15) is 26.7 Å². The Balaban J connectivity index is 2.06. The van der Waals surface area contributed by atoms with E-state index in [0.29, 0.717) is 12.3 Å². The summed E-state index contributed by atoms with van der Waals surface area (Å²) >= 11 is 0. The lowest BCUT2D eigenvalue weighted by atomic mass is 9.95. The molecule has 1 atom stereocenters. The molecule has 1 aromatic rings. The van der Waals surface area contributed by atoms with Crippen molar-refractivity contribution in [1.82, 2.24) is 5.32 Å². The van der Waals surface area contributed by atoms with E-state index in [9.17, 15) is 27.9 Å². The summed E-state index contributed by atoms with van der Waals surface area (Å²) in [4.78, 5) is 24.3. The van der Waals surface area contributed by atoms with Gasteiger partial charge in [-0.3, -0.25) is 9.59 Å². The van der Waals surface area contributed by atoms with Crippen molar-refractivity contribution in [2.45, 2.75) is 39.1 Å². The first-order valence-electron chi connectivity index (χ1n) is 7.95. The number of benzene rings is 1. The molecule has 0 spiro atoms. The number of anilines is 1. The quantitative estimate of drug-likeness (QED) is 0.693. The van der Waals surface area contributed by atoms with Gasteiger partial charge in [0.1, 0.15) is 17.1 Å². The van der Waals surface area contributed by atoms with E-state index in [0.717, 1.165) is 12.1 Å². The fraction of sp³-hybridized carbons (Fsp3) is 0.412. The van der Waals surface area contributed by atoms with E-state index in [1.165, 1.54) is 12.1 Å². The fourth-order valence-electron chi connectivity index (χ4n) is 2.65. The number of hydrogen-bond acceptors (Lipinski definition) is 4. The predicted octanol–water partition coefficient (Wildman–Crippen LogP) is 3.27. The largest absolute Gasteiger partial charge is 0.573 e. The van der Waals surface area contributed by atoms with E-state index in [4.69, 9.17) is 0 Å². The molecule has 0 saturated carbocycles. The molecule has 1 unspecified atom stereocenters. The maximum atomic E-state index is 12.2. The third-order valence-corrected chi connectivity index (χ3v) is 3.62. The van der Waals surface area contributed by atoms with Gasteiger partial charge in [0.2, 0.25) is 0 Å². The molecule has 1 aliphatic heterocycles. The first kappa shape index (κ1) is 19.6. The molecule has 3 N–H and O–H groups in total. The molecule has 2 amide bonds. The minimum atomic E-state index is -4.81. The number of aliphatic hydroxyl groups is 1. The van der Waals surface area contributed by atoms with E-state index in [2.05, 4.69) is 15.4 Å². The predicted molar refractivity (Wildman–Crippen MR) is 87.4 cm³/mol. The van der Waals surface area contributed by atoms with Crippen molar-refractivity contribution in [3.05, 3.63) is 35.6 Å². The number of amides is 2. The van der Waals surface area contributed by atoms with Crippen LogP contribution in [0.5, 0.6) is 5.75 Å². The van der Waals surface area contributed by atoms with Crippen LogP contribution in [0.4, 0.5) is 18.9 Å². The van der Waals surface area contributed by atoms with Crippen molar-refractivity contribution in [3.63, 3.8) is 0 Å². The molecular formula is C17H19F3N2O4. The van der Waals surface area contributed by atoms with Crippen LogP contribution in [-0.4, -0.2) is 29.3 Å². The summed E-state index contributed by atoms with van der Waals surface area (Å²) in [5.41, 5.74) is -0.248. The molecule has 0 aliphatic carbocycles. The second-order valence-corrected chi connectivity index (χ2v) is 6.35. The Morgan fingerprint density at radius 1 is 1.35 bits per heavy atom. The van der Waals surface area contributed by atoms with Crippen LogP contribution >= 0.6 is 0 Å². The molecule has 0 aromatic heterocycles. The Morgan fingerprint density at radius 3 is 2.46 bits per heavy atom. The first-order chi connectivity index (χ1) is 12.0. The first-order valence-corrected chi connectivity index (χ1v) is 7.95. The standard InChI is InChI=1S/C17H19F3N2O4/c1-9(2)7-11-8-13(23)14(16(25)22-11)15(24)21-10-3-5-12(6-4-10)26-17(18,19)20/h3-6,9,11,23H,7-8H2,1-2H3,(H,21,24)(H,22,25). The van der Waals surface area contributed by atoms with Gasteiger partial charge in [-0.2, -0.15) is 0 Å². The summed E-state index contributed by atoms with van der Waals surface area (Å²) in [6.07, 6.45) is -4.01. The second-order valence-electron chi connectivity index (χ2n) is 6.35. The molecule has 0 saturated heterocycles. The molecule has 1 aliphatic rings. The van der Waals surface area contributed by atoms with Crippen LogP contribution in [0.15, 0.2) is 35.6 Å². The summed E-state index contributed by atoms with van der Waals surface area (Å²) in [5.74, 6) is -1.97. The van der Waals surface area contributed by atoms with Crippen molar-refractivity contribution in [2.24, 2.45) is 5.92 Å². The summed E-state index contributed by atoms with van der Waals surface area (Å²) in [5, 5.41) is 15.1. The number of alkyl halides is 3. The number of carbonyl (C=O) groups excluding carboxylic acids is 2. The van der Waals surface area contributed by atoms with E-state index in [1.54, 1.807) is 0 Å². The number of ether oxygens (including phenoxy) is 1. The molecule has 26 heavy (non-hydrogen) atoms. The number of hydrogen-bond donors (Lipinski definition) is 3. The van der Waals surface area contributed by atoms with E-state index < -0.39 is 29.5 Å². The van der Waals surface area contributed by atoms with Crippen molar-refractivity contribution < 1.29 is 32.6 Å². The van der Waals surface area contributed by atoms with Crippen LogP contribution < -0.4 is 15.4 Å². The summed E-state index contributed by atoms with van der Waals surface area (Å²) in [6, 6.07) is 4.18. The third kappa shape index (κ3) is 5.40. The normalized spacial score (nSPS) is 17.9. The number of nitrogens with one attached hydrogen (secondary N) is 2. The van der Waals surface area contributed by atoms with Crippen LogP contribution in [0, 0.1) is 5.92 Å². The lowest BCUT2D eigenvalue weighted by Crippen LogP contribution is -2.44. The maximum Gasteiger partial charge on any atom is 0.573 e. The minimum Gasteiger partial charge on any atom is -0.511 e. The Bertz CT molecular complexity index is 712. The molecule has 2 rings (SSSR count). The van der Waals surface area contributed by atoms with Gasteiger partial charge in [0, 0.05) is 18.2 Å². The van der Waals surface area contributed by atoms with Gasteiger partial charge in [-0.25, -0.2) is 0 Å². The van der Waals surface area contributed by atoms with Gasteiger partial charge in [0.25, 0.3) is 11.8 Å². The zero-order chi connectivity index (χ0) is 19.5. The number of rotatable bonds is 5. The van der Waals surface area contributed by atoms with Crippen molar-refractivity contribution in [3.8, 4) is 5.75 Å². The molecule has 1 aromatic carbocycles. The molecule has 1 heterocycles.